The summed E-state index contributed by atoms with van der Waals surface area (Å²) in [6.45, 7) is 3.13. The van der Waals surface area contributed by atoms with E-state index in [9.17, 15) is 17.6 Å². The Balaban J connectivity index is 1.55. The molecule has 1 amide bonds. The van der Waals surface area contributed by atoms with E-state index in [0.717, 1.165) is 15.7 Å². The van der Waals surface area contributed by atoms with Gasteiger partial charge < -0.3 is 4.57 Å². The van der Waals surface area contributed by atoms with Crippen LogP contribution in [0.5, 0.6) is 0 Å². The van der Waals surface area contributed by atoms with Crippen molar-refractivity contribution in [2.45, 2.75) is 18.7 Å². The van der Waals surface area contributed by atoms with Crippen molar-refractivity contribution in [1.29, 1.82) is 0 Å². The molecule has 0 fully saturated rings. The van der Waals surface area contributed by atoms with Gasteiger partial charge in [0.1, 0.15) is 12.4 Å². The summed E-state index contributed by atoms with van der Waals surface area (Å²) in [5, 5.41) is 4.34. The average molecular weight is 539 g/mol. The second-order valence-electron chi connectivity index (χ2n) is 8.21. The van der Waals surface area contributed by atoms with Gasteiger partial charge in [0.15, 0.2) is 0 Å². The van der Waals surface area contributed by atoms with Gasteiger partial charge in [-0.05, 0) is 62.4 Å². The molecule has 1 N–H and O–H groups in total. The number of hydrogen-bond acceptors (Lipinski definition) is 4. The Bertz CT molecular complexity index is 1570. The molecule has 7 nitrogen and oxygen atoms in total. The summed E-state index contributed by atoms with van der Waals surface area (Å²) >= 11 is 6.09. The van der Waals surface area contributed by atoms with Gasteiger partial charge in [-0.15, -0.1) is 0 Å². The van der Waals surface area contributed by atoms with E-state index in [1.165, 1.54) is 30.5 Å². The molecule has 37 heavy (non-hydrogen) atoms. The standard InChI is InChI=1S/C27H24ClFN4O3S/c1-19-15-21(20(2)33(19)26-14-7-6-13-25(26)29)17-30-31-27(34)18-32(23-10-8-9-22(28)16-23)37(35,36)24-11-4-3-5-12-24/h3-17H,18H2,1-2H3,(H,31,34)/b30-17+. The Morgan fingerprint density at radius 1 is 1.03 bits per heavy atom. The molecule has 10 heteroatoms. The summed E-state index contributed by atoms with van der Waals surface area (Å²) < 4.78 is 43.8. The van der Waals surface area contributed by atoms with Crippen LogP contribution in [0.25, 0.3) is 5.69 Å². The quantitative estimate of drug-likeness (QED) is 0.246. The zero-order chi connectivity index (χ0) is 26.6. The average Bonchev–Trinajstić information content (AvgIpc) is 3.16. The summed E-state index contributed by atoms with van der Waals surface area (Å²) in [7, 11) is -4.06. The number of halogens is 2. The largest absolute Gasteiger partial charge is 0.315 e. The maximum Gasteiger partial charge on any atom is 0.264 e. The topological polar surface area (TPSA) is 83.8 Å². The lowest BCUT2D eigenvalue weighted by atomic mass is 10.2. The normalized spacial score (nSPS) is 11.6. The minimum atomic E-state index is -4.06. The number of benzene rings is 3. The van der Waals surface area contributed by atoms with Crippen molar-refractivity contribution in [3.05, 3.63) is 113 Å². The Morgan fingerprint density at radius 2 is 1.73 bits per heavy atom. The van der Waals surface area contributed by atoms with E-state index < -0.39 is 22.5 Å². The summed E-state index contributed by atoms with van der Waals surface area (Å²) in [6.07, 6.45) is 1.44. The number of anilines is 1. The van der Waals surface area contributed by atoms with Crippen LogP contribution in [0.2, 0.25) is 5.02 Å². The second kappa shape index (κ2) is 11.0. The fourth-order valence-corrected chi connectivity index (χ4v) is 5.55. The number of sulfonamides is 1. The molecule has 1 heterocycles. The number of para-hydroxylation sites is 1. The van der Waals surface area contributed by atoms with Crippen LogP contribution in [-0.2, 0) is 14.8 Å². The smallest absolute Gasteiger partial charge is 0.264 e. The van der Waals surface area contributed by atoms with Gasteiger partial charge >= 0.3 is 0 Å². The van der Waals surface area contributed by atoms with Crippen LogP contribution in [0.1, 0.15) is 17.0 Å². The Hall–Kier alpha value is -3.95. The molecule has 0 aliphatic heterocycles. The van der Waals surface area contributed by atoms with Crippen molar-refractivity contribution < 1.29 is 17.6 Å². The molecule has 0 atom stereocenters. The third-order valence-electron chi connectivity index (χ3n) is 5.67. The van der Waals surface area contributed by atoms with Gasteiger partial charge in [-0.3, -0.25) is 9.10 Å². The molecule has 190 valence electrons. The van der Waals surface area contributed by atoms with Crippen molar-refractivity contribution in [3.8, 4) is 5.69 Å². The van der Waals surface area contributed by atoms with E-state index >= 15 is 0 Å². The van der Waals surface area contributed by atoms with Crippen molar-refractivity contribution >= 4 is 39.4 Å². The molecule has 0 aliphatic carbocycles. The molecule has 0 radical (unpaired) electrons. The summed E-state index contributed by atoms with van der Waals surface area (Å²) in [6, 6.07) is 22.3. The number of rotatable bonds is 8. The lowest BCUT2D eigenvalue weighted by molar-refractivity contribution is -0.119. The minimum Gasteiger partial charge on any atom is -0.315 e. The lowest BCUT2D eigenvalue weighted by Gasteiger charge is -2.23. The van der Waals surface area contributed by atoms with Crippen LogP contribution in [0.4, 0.5) is 10.1 Å². The van der Waals surface area contributed by atoms with Gasteiger partial charge in [-0.25, -0.2) is 18.2 Å². The second-order valence-corrected chi connectivity index (χ2v) is 10.5. The van der Waals surface area contributed by atoms with Crippen molar-refractivity contribution in [3.63, 3.8) is 0 Å². The third-order valence-corrected chi connectivity index (χ3v) is 7.69. The number of hydrogen-bond donors (Lipinski definition) is 1. The lowest BCUT2D eigenvalue weighted by Crippen LogP contribution is -2.39. The van der Waals surface area contributed by atoms with Gasteiger partial charge in [0.05, 0.1) is 22.5 Å². The van der Waals surface area contributed by atoms with Gasteiger partial charge in [0, 0.05) is 22.0 Å². The third kappa shape index (κ3) is 5.73. The number of aromatic nitrogens is 1. The van der Waals surface area contributed by atoms with Crippen LogP contribution in [-0.4, -0.2) is 31.7 Å². The Morgan fingerprint density at radius 3 is 2.43 bits per heavy atom. The highest BCUT2D eigenvalue weighted by atomic mass is 35.5. The zero-order valence-corrected chi connectivity index (χ0v) is 21.7. The highest BCUT2D eigenvalue weighted by Crippen LogP contribution is 2.26. The molecule has 1 aromatic heterocycles. The molecule has 0 saturated heterocycles. The number of carbonyl (C=O) groups is 1. The number of carbonyl (C=O) groups excluding carboxylic acids is 1. The zero-order valence-electron chi connectivity index (χ0n) is 20.1. The Kier molecular flexibility index (Phi) is 7.75. The Labute approximate surface area is 219 Å². The van der Waals surface area contributed by atoms with Crippen LogP contribution >= 0.6 is 11.6 Å². The van der Waals surface area contributed by atoms with E-state index in [2.05, 4.69) is 10.5 Å². The first-order valence-electron chi connectivity index (χ1n) is 11.3. The maximum absolute atomic E-state index is 14.3. The number of nitrogens with zero attached hydrogens (tertiary/aromatic N) is 3. The number of nitrogens with one attached hydrogen (secondary N) is 1. The number of amides is 1. The number of hydrazone groups is 1. The summed E-state index contributed by atoms with van der Waals surface area (Å²) in [4.78, 5) is 12.8. The molecule has 0 aliphatic rings. The molecule has 4 aromatic rings. The van der Waals surface area contributed by atoms with Gasteiger partial charge in [0.2, 0.25) is 0 Å². The minimum absolute atomic E-state index is 0.0341. The number of aryl methyl sites for hydroxylation is 1. The first-order valence-corrected chi connectivity index (χ1v) is 13.1. The van der Waals surface area contributed by atoms with Gasteiger partial charge in [0.25, 0.3) is 15.9 Å². The van der Waals surface area contributed by atoms with Gasteiger partial charge in [-0.2, -0.15) is 5.10 Å². The molecule has 0 spiro atoms. The van der Waals surface area contributed by atoms with Crippen LogP contribution in [0.3, 0.4) is 0 Å². The van der Waals surface area contributed by atoms with Gasteiger partial charge in [-0.1, -0.05) is 48.0 Å². The fraction of sp³-hybridized carbons (Fsp3) is 0.111. The van der Waals surface area contributed by atoms with Crippen molar-refractivity contribution in [2.75, 3.05) is 10.8 Å². The van der Waals surface area contributed by atoms with E-state index in [-0.39, 0.29) is 16.4 Å². The predicted molar refractivity (Wildman–Crippen MR) is 143 cm³/mol. The monoisotopic (exact) mass is 538 g/mol. The molecule has 0 unspecified atom stereocenters. The molecule has 0 bridgehead atoms. The fourth-order valence-electron chi connectivity index (χ4n) is 3.93. The first-order chi connectivity index (χ1) is 17.7. The molecular weight excluding hydrogens is 515 g/mol. The van der Waals surface area contributed by atoms with E-state index in [4.69, 9.17) is 11.6 Å². The van der Waals surface area contributed by atoms with Crippen molar-refractivity contribution in [1.82, 2.24) is 9.99 Å². The van der Waals surface area contributed by atoms with E-state index in [1.54, 1.807) is 59.2 Å². The van der Waals surface area contributed by atoms with E-state index in [1.807, 2.05) is 19.9 Å². The van der Waals surface area contributed by atoms with Crippen LogP contribution in [0, 0.1) is 19.7 Å². The summed E-state index contributed by atoms with van der Waals surface area (Å²) in [5.41, 5.74) is 5.22. The van der Waals surface area contributed by atoms with Crippen LogP contribution < -0.4 is 9.73 Å². The SMILES string of the molecule is Cc1cc(/C=N/NC(=O)CN(c2cccc(Cl)c2)S(=O)(=O)c2ccccc2)c(C)n1-c1ccccc1F. The van der Waals surface area contributed by atoms with Crippen molar-refractivity contribution in [2.24, 2.45) is 5.10 Å². The maximum atomic E-state index is 14.3. The predicted octanol–water partition coefficient (Wildman–Crippen LogP) is 5.23. The summed E-state index contributed by atoms with van der Waals surface area (Å²) in [5.74, 6) is -1.01. The molecule has 4 rings (SSSR count). The van der Waals surface area contributed by atoms with Crippen LogP contribution in [0.15, 0.2) is 94.9 Å². The highest BCUT2D eigenvalue weighted by Gasteiger charge is 2.27. The molecular formula is C27H24ClFN4O3S. The highest BCUT2D eigenvalue weighted by molar-refractivity contribution is 7.92. The van der Waals surface area contributed by atoms with E-state index in [0.29, 0.717) is 16.3 Å². The first kappa shape index (κ1) is 26.1. The molecule has 3 aromatic carbocycles. The molecule has 0 saturated carbocycles.